The molecule has 0 saturated heterocycles. The molecule has 0 radical (unpaired) electrons. The zero-order chi connectivity index (χ0) is 15.2. The van der Waals surface area contributed by atoms with Gasteiger partial charge in [0.15, 0.2) is 0 Å². The molecule has 3 nitrogen and oxygen atoms in total. The van der Waals surface area contributed by atoms with Gasteiger partial charge in [-0.1, -0.05) is 12.1 Å². The van der Waals surface area contributed by atoms with E-state index < -0.39 is 5.82 Å². The molecule has 0 spiro atoms. The minimum atomic E-state index is -0.463. The van der Waals surface area contributed by atoms with Crippen molar-refractivity contribution in [2.24, 2.45) is 0 Å². The number of hydrogen-bond acceptors (Lipinski definition) is 2. The van der Waals surface area contributed by atoms with Gasteiger partial charge in [0.1, 0.15) is 17.4 Å². The van der Waals surface area contributed by atoms with Crippen LogP contribution in [-0.4, -0.2) is 14.7 Å². The van der Waals surface area contributed by atoms with E-state index in [4.69, 9.17) is 0 Å². The molecule has 1 aromatic heterocycles. The summed E-state index contributed by atoms with van der Waals surface area (Å²) in [5.41, 5.74) is 2.16. The summed E-state index contributed by atoms with van der Waals surface area (Å²) in [5.74, 6) is 0.0756. The number of aromatic hydroxyl groups is 1. The molecule has 0 bridgehead atoms. The van der Waals surface area contributed by atoms with Crippen LogP contribution in [0.2, 0.25) is 0 Å². The van der Waals surface area contributed by atoms with Crippen molar-refractivity contribution in [2.75, 3.05) is 0 Å². The van der Waals surface area contributed by atoms with Crippen molar-refractivity contribution in [3.05, 3.63) is 48.3 Å². The van der Waals surface area contributed by atoms with Gasteiger partial charge >= 0.3 is 0 Å². The van der Waals surface area contributed by atoms with E-state index in [9.17, 15) is 9.50 Å². The van der Waals surface area contributed by atoms with E-state index in [1.165, 1.54) is 6.07 Å². The van der Waals surface area contributed by atoms with Gasteiger partial charge in [-0.25, -0.2) is 9.37 Å². The van der Waals surface area contributed by atoms with E-state index in [1.54, 1.807) is 6.07 Å². The Morgan fingerprint density at radius 1 is 1.10 bits per heavy atom. The number of aromatic nitrogens is 2. The first kappa shape index (κ1) is 13.6. The maximum absolute atomic E-state index is 13.2. The van der Waals surface area contributed by atoms with Gasteiger partial charge in [0, 0.05) is 11.6 Å². The molecule has 1 N–H and O–H groups in total. The number of rotatable bonds is 1. The van der Waals surface area contributed by atoms with Crippen molar-refractivity contribution >= 4 is 11.0 Å². The number of phenols is 1. The predicted molar refractivity (Wildman–Crippen MR) is 81.8 cm³/mol. The Hall–Kier alpha value is -2.36. The number of nitrogens with zero attached hydrogens (tertiary/aromatic N) is 2. The summed E-state index contributed by atoms with van der Waals surface area (Å²) in [7, 11) is 0. The average molecular weight is 284 g/mol. The Kier molecular flexibility index (Phi) is 2.97. The minimum absolute atomic E-state index is 0.101. The van der Waals surface area contributed by atoms with E-state index in [2.05, 4.69) is 30.3 Å². The molecule has 0 aliphatic rings. The van der Waals surface area contributed by atoms with E-state index >= 15 is 0 Å². The van der Waals surface area contributed by atoms with Gasteiger partial charge < -0.3 is 9.67 Å². The lowest BCUT2D eigenvalue weighted by atomic mass is 10.1. The molecular weight excluding hydrogens is 267 g/mol. The number of hydrogen-bond donors (Lipinski definition) is 1. The second-order valence-corrected chi connectivity index (χ2v) is 6.09. The third-order valence-electron chi connectivity index (χ3n) is 3.43. The number of imidazole rings is 1. The summed E-state index contributed by atoms with van der Waals surface area (Å²) in [5, 5.41) is 10.1. The van der Waals surface area contributed by atoms with Crippen LogP contribution in [-0.2, 0) is 5.54 Å². The van der Waals surface area contributed by atoms with Crippen molar-refractivity contribution in [3.63, 3.8) is 0 Å². The van der Waals surface area contributed by atoms with Crippen LogP contribution in [0.25, 0.3) is 22.4 Å². The smallest absolute Gasteiger partial charge is 0.145 e. The van der Waals surface area contributed by atoms with Crippen LogP contribution in [0.15, 0.2) is 42.5 Å². The highest BCUT2D eigenvalue weighted by molar-refractivity contribution is 5.82. The molecule has 0 amide bonds. The van der Waals surface area contributed by atoms with Crippen molar-refractivity contribution in [2.45, 2.75) is 26.3 Å². The average Bonchev–Trinajstić information content (AvgIpc) is 2.77. The molecule has 0 fully saturated rings. The topological polar surface area (TPSA) is 38.0 Å². The zero-order valence-corrected chi connectivity index (χ0v) is 12.3. The summed E-state index contributed by atoms with van der Waals surface area (Å²) in [6, 6.07) is 11.8. The monoisotopic (exact) mass is 284 g/mol. The van der Waals surface area contributed by atoms with E-state index in [0.29, 0.717) is 11.4 Å². The highest BCUT2D eigenvalue weighted by Crippen LogP contribution is 2.35. The maximum Gasteiger partial charge on any atom is 0.145 e. The molecule has 3 aromatic rings. The first-order valence-corrected chi connectivity index (χ1v) is 6.85. The molecule has 4 heteroatoms. The quantitative estimate of drug-likeness (QED) is 0.723. The molecule has 0 saturated carbocycles. The summed E-state index contributed by atoms with van der Waals surface area (Å²) in [4.78, 5) is 4.62. The molecule has 21 heavy (non-hydrogen) atoms. The van der Waals surface area contributed by atoms with Gasteiger partial charge in [0.05, 0.1) is 16.6 Å². The lowest BCUT2D eigenvalue weighted by Crippen LogP contribution is -2.22. The second kappa shape index (κ2) is 4.58. The summed E-state index contributed by atoms with van der Waals surface area (Å²) >= 11 is 0. The summed E-state index contributed by atoms with van der Waals surface area (Å²) < 4.78 is 15.3. The highest BCUT2D eigenvalue weighted by Gasteiger charge is 2.23. The maximum atomic E-state index is 13.2. The molecule has 0 aliphatic heterocycles. The molecular formula is C17H17FN2O. The van der Waals surface area contributed by atoms with Gasteiger partial charge in [0.25, 0.3) is 0 Å². The second-order valence-electron chi connectivity index (χ2n) is 6.09. The van der Waals surface area contributed by atoms with Crippen molar-refractivity contribution < 1.29 is 9.50 Å². The molecule has 1 heterocycles. The molecule has 2 aromatic carbocycles. The Labute approximate surface area is 122 Å². The Morgan fingerprint density at radius 2 is 1.81 bits per heavy atom. The summed E-state index contributed by atoms with van der Waals surface area (Å²) in [6.45, 7) is 6.22. The number of benzene rings is 2. The van der Waals surface area contributed by atoms with Gasteiger partial charge in [-0.05, 0) is 45.0 Å². The van der Waals surface area contributed by atoms with Crippen molar-refractivity contribution in [3.8, 4) is 17.1 Å². The van der Waals surface area contributed by atoms with Crippen LogP contribution >= 0.6 is 0 Å². The highest BCUT2D eigenvalue weighted by atomic mass is 19.1. The number of phenolic OH excluding ortho intramolecular Hbond substituents is 1. The van der Waals surface area contributed by atoms with Crippen LogP contribution in [0, 0.1) is 5.82 Å². The van der Waals surface area contributed by atoms with Gasteiger partial charge in [0.2, 0.25) is 0 Å². The van der Waals surface area contributed by atoms with Crippen LogP contribution in [0.4, 0.5) is 4.39 Å². The number of halogens is 1. The zero-order valence-electron chi connectivity index (χ0n) is 12.3. The van der Waals surface area contributed by atoms with Crippen LogP contribution < -0.4 is 0 Å². The normalized spacial score (nSPS) is 12.0. The Morgan fingerprint density at radius 3 is 2.48 bits per heavy atom. The molecule has 0 aliphatic carbocycles. The van der Waals surface area contributed by atoms with Gasteiger partial charge in [-0.15, -0.1) is 0 Å². The van der Waals surface area contributed by atoms with E-state index in [-0.39, 0.29) is 11.3 Å². The number of para-hydroxylation sites is 2. The van der Waals surface area contributed by atoms with Crippen LogP contribution in [0.5, 0.6) is 5.75 Å². The van der Waals surface area contributed by atoms with Crippen LogP contribution in [0.1, 0.15) is 20.8 Å². The van der Waals surface area contributed by atoms with E-state index in [1.807, 2.05) is 24.3 Å². The fraction of sp³-hybridized carbons (Fsp3) is 0.235. The molecule has 0 atom stereocenters. The standard InChI is InChI=1S/C17H17FN2O/c1-17(2,3)20-14-7-5-4-6-13(14)19-16(20)12-9-8-11(18)10-15(12)21/h4-10,21H,1-3H3. The predicted octanol–water partition coefficient (Wildman–Crippen LogP) is 4.30. The lowest BCUT2D eigenvalue weighted by molar-refractivity contribution is 0.411. The minimum Gasteiger partial charge on any atom is -0.507 e. The summed E-state index contributed by atoms with van der Waals surface area (Å²) in [6.07, 6.45) is 0. The van der Waals surface area contributed by atoms with E-state index in [0.717, 1.165) is 17.1 Å². The van der Waals surface area contributed by atoms with Crippen molar-refractivity contribution in [1.82, 2.24) is 9.55 Å². The largest absolute Gasteiger partial charge is 0.507 e. The first-order chi connectivity index (χ1) is 9.88. The Balaban J connectivity index is 2.37. The van der Waals surface area contributed by atoms with Crippen LogP contribution in [0.3, 0.4) is 0 Å². The molecule has 3 rings (SSSR count). The van der Waals surface area contributed by atoms with Crippen molar-refractivity contribution in [1.29, 1.82) is 0 Å². The van der Waals surface area contributed by atoms with Gasteiger partial charge in [-0.2, -0.15) is 0 Å². The fourth-order valence-corrected chi connectivity index (χ4v) is 2.58. The van der Waals surface area contributed by atoms with Gasteiger partial charge in [-0.3, -0.25) is 0 Å². The third-order valence-corrected chi connectivity index (χ3v) is 3.43. The molecule has 108 valence electrons. The third kappa shape index (κ3) is 2.27. The Bertz CT molecular complexity index is 815. The lowest BCUT2D eigenvalue weighted by Gasteiger charge is -2.25. The fourth-order valence-electron chi connectivity index (χ4n) is 2.58. The molecule has 0 unspecified atom stereocenters. The number of fused-ring (bicyclic) bond motifs is 1. The SMILES string of the molecule is CC(C)(C)n1c(-c2ccc(F)cc2O)nc2ccccc21. The first-order valence-electron chi connectivity index (χ1n) is 6.85.